The normalized spacial score (nSPS) is 10.7. The number of hydrogen-bond acceptors (Lipinski definition) is 6. The summed E-state index contributed by atoms with van der Waals surface area (Å²) < 4.78 is 10.6. The number of anilines is 2. The van der Waals surface area contributed by atoms with Crippen molar-refractivity contribution >= 4 is 22.5 Å². The summed E-state index contributed by atoms with van der Waals surface area (Å²) in [6.45, 7) is 0. The number of methoxy groups -OCH3 is 2. The molecule has 7 heteroatoms. The molecule has 0 amide bonds. The lowest BCUT2D eigenvalue weighted by atomic mass is 10.1. The summed E-state index contributed by atoms with van der Waals surface area (Å²) >= 11 is 0. The third-order valence-corrected chi connectivity index (χ3v) is 4.02. The second-order valence-corrected chi connectivity index (χ2v) is 5.62. The highest BCUT2D eigenvalue weighted by molar-refractivity contribution is 5.93. The highest BCUT2D eigenvalue weighted by Crippen LogP contribution is 2.29. The van der Waals surface area contributed by atoms with Crippen molar-refractivity contribution in [2.24, 2.45) is 0 Å². The van der Waals surface area contributed by atoms with Gasteiger partial charge in [0.25, 0.3) is 0 Å². The van der Waals surface area contributed by atoms with Gasteiger partial charge in [0.1, 0.15) is 11.5 Å². The van der Waals surface area contributed by atoms with Crippen LogP contribution in [0.3, 0.4) is 0 Å². The zero-order valence-electron chi connectivity index (χ0n) is 14.4. The van der Waals surface area contributed by atoms with Gasteiger partial charge < -0.3 is 19.8 Å². The Morgan fingerprint density at radius 2 is 1.81 bits per heavy atom. The van der Waals surface area contributed by atoms with Gasteiger partial charge >= 0.3 is 0 Å². The standard InChI is InChI=1S/C19H17N5O2/c1-25-13-7-12(8-14(9-13)26-2)23-19-21-6-4-18(24-19)16-11-22-17-3-5-20-10-15(16)17/h3-11,22H,1-2H3,(H,21,23,24). The molecule has 2 N–H and O–H groups in total. The van der Waals surface area contributed by atoms with Crippen molar-refractivity contribution in [2.45, 2.75) is 0 Å². The van der Waals surface area contributed by atoms with Crippen LogP contribution in [0.2, 0.25) is 0 Å². The molecule has 3 aromatic heterocycles. The Bertz CT molecular complexity index is 1040. The molecule has 1 aromatic carbocycles. The van der Waals surface area contributed by atoms with Crippen LogP contribution in [-0.4, -0.2) is 34.2 Å². The average Bonchev–Trinajstić information content (AvgIpc) is 3.12. The molecule has 0 aliphatic carbocycles. The van der Waals surface area contributed by atoms with E-state index in [4.69, 9.17) is 9.47 Å². The van der Waals surface area contributed by atoms with E-state index in [2.05, 4.69) is 25.3 Å². The van der Waals surface area contributed by atoms with Crippen LogP contribution in [-0.2, 0) is 0 Å². The third kappa shape index (κ3) is 3.02. The smallest absolute Gasteiger partial charge is 0.227 e. The van der Waals surface area contributed by atoms with Gasteiger partial charge in [-0.25, -0.2) is 9.97 Å². The number of ether oxygens (including phenoxy) is 2. The molecule has 0 bridgehead atoms. The first-order chi connectivity index (χ1) is 12.8. The molecule has 3 heterocycles. The van der Waals surface area contributed by atoms with Crippen molar-refractivity contribution in [3.8, 4) is 22.8 Å². The Morgan fingerprint density at radius 1 is 1.00 bits per heavy atom. The van der Waals surface area contributed by atoms with Gasteiger partial charge in [0.2, 0.25) is 5.95 Å². The maximum Gasteiger partial charge on any atom is 0.227 e. The summed E-state index contributed by atoms with van der Waals surface area (Å²) in [6, 6.07) is 9.32. The quantitative estimate of drug-likeness (QED) is 0.571. The van der Waals surface area contributed by atoms with Crippen LogP contribution in [0.5, 0.6) is 11.5 Å². The lowest BCUT2D eigenvalue weighted by Crippen LogP contribution is -1.99. The molecular formula is C19H17N5O2. The van der Waals surface area contributed by atoms with Gasteiger partial charge in [0.15, 0.2) is 0 Å². The minimum Gasteiger partial charge on any atom is -0.497 e. The molecule has 4 rings (SSSR count). The van der Waals surface area contributed by atoms with Gasteiger partial charge in [-0.05, 0) is 12.1 Å². The van der Waals surface area contributed by atoms with Crippen LogP contribution >= 0.6 is 0 Å². The largest absolute Gasteiger partial charge is 0.497 e. The zero-order chi connectivity index (χ0) is 17.9. The highest BCUT2D eigenvalue weighted by Gasteiger charge is 2.09. The van der Waals surface area contributed by atoms with E-state index in [9.17, 15) is 0 Å². The lowest BCUT2D eigenvalue weighted by Gasteiger charge is -2.10. The topological polar surface area (TPSA) is 85.0 Å². The second kappa shape index (κ2) is 6.72. The minimum absolute atomic E-state index is 0.482. The zero-order valence-corrected chi connectivity index (χ0v) is 14.4. The first-order valence-corrected chi connectivity index (χ1v) is 8.01. The molecule has 0 radical (unpaired) electrons. The van der Waals surface area contributed by atoms with Crippen molar-refractivity contribution in [1.82, 2.24) is 19.9 Å². The Morgan fingerprint density at radius 3 is 2.58 bits per heavy atom. The molecule has 0 aliphatic heterocycles. The summed E-state index contributed by atoms with van der Waals surface area (Å²) in [7, 11) is 3.22. The van der Waals surface area contributed by atoms with E-state index >= 15 is 0 Å². The third-order valence-electron chi connectivity index (χ3n) is 4.02. The van der Waals surface area contributed by atoms with Crippen molar-refractivity contribution < 1.29 is 9.47 Å². The van der Waals surface area contributed by atoms with E-state index in [-0.39, 0.29) is 0 Å². The molecule has 0 saturated carbocycles. The molecule has 0 unspecified atom stereocenters. The van der Waals surface area contributed by atoms with Crippen molar-refractivity contribution in [3.63, 3.8) is 0 Å². The average molecular weight is 347 g/mol. The second-order valence-electron chi connectivity index (χ2n) is 5.62. The molecule has 0 saturated heterocycles. The highest BCUT2D eigenvalue weighted by atomic mass is 16.5. The molecule has 26 heavy (non-hydrogen) atoms. The number of H-pyrrole nitrogens is 1. The number of hydrogen-bond donors (Lipinski definition) is 2. The molecule has 0 fully saturated rings. The van der Waals surface area contributed by atoms with E-state index in [0.717, 1.165) is 27.8 Å². The lowest BCUT2D eigenvalue weighted by molar-refractivity contribution is 0.395. The summed E-state index contributed by atoms with van der Waals surface area (Å²) in [5, 5.41) is 4.21. The number of fused-ring (bicyclic) bond motifs is 1. The van der Waals surface area contributed by atoms with Gasteiger partial charge in [0, 0.05) is 65.1 Å². The van der Waals surface area contributed by atoms with Crippen molar-refractivity contribution in [3.05, 3.63) is 55.1 Å². The van der Waals surface area contributed by atoms with Crippen LogP contribution in [0.25, 0.3) is 22.2 Å². The fourth-order valence-electron chi connectivity index (χ4n) is 2.75. The van der Waals surface area contributed by atoms with Crippen LogP contribution in [0.15, 0.2) is 55.1 Å². The SMILES string of the molecule is COc1cc(Nc2nccc(-c3c[nH]c4ccncc34)n2)cc(OC)c1. The number of rotatable bonds is 5. The van der Waals surface area contributed by atoms with Crippen LogP contribution in [0.1, 0.15) is 0 Å². The van der Waals surface area contributed by atoms with E-state index in [1.165, 1.54) is 0 Å². The van der Waals surface area contributed by atoms with E-state index in [0.29, 0.717) is 17.4 Å². The molecular weight excluding hydrogens is 330 g/mol. The molecule has 7 nitrogen and oxygen atoms in total. The van der Waals surface area contributed by atoms with Crippen LogP contribution < -0.4 is 14.8 Å². The summed E-state index contributed by atoms with van der Waals surface area (Å²) in [6.07, 6.45) is 7.22. The molecule has 0 aliphatic rings. The van der Waals surface area contributed by atoms with Gasteiger partial charge in [0.05, 0.1) is 19.9 Å². The number of nitrogens with one attached hydrogen (secondary N) is 2. The fraction of sp³-hybridized carbons (Fsp3) is 0.105. The Kier molecular flexibility index (Phi) is 4.10. The van der Waals surface area contributed by atoms with E-state index in [1.54, 1.807) is 32.7 Å². The summed E-state index contributed by atoms with van der Waals surface area (Å²) in [5.41, 5.74) is 3.57. The van der Waals surface area contributed by atoms with E-state index < -0.39 is 0 Å². The first-order valence-electron chi connectivity index (χ1n) is 8.01. The predicted molar refractivity (Wildman–Crippen MR) is 99.9 cm³/mol. The predicted octanol–water partition coefficient (Wildman–Crippen LogP) is 3.78. The summed E-state index contributed by atoms with van der Waals surface area (Å²) in [4.78, 5) is 16.4. The Labute approximate surface area is 150 Å². The van der Waals surface area contributed by atoms with Crippen LogP contribution in [0.4, 0.5) is 11.6 Å². The van der Waals surface area contributed by atoms with Crippen molar-refractivity contribution in [2.75, 3.05) is 19.5 Å². The molecule has 0 spiro atoms. The number of benzene rings is 1. The number of nitrogens with zero attached hydrogens (tertiary/aromatic N) is 3. The van der Waals surface area contributed by atoms with E-state index in [1.807, 2.05) is 36.7 Å². The van der Waals surface area contributed by atoms with Crippen molar-refractivity contribution in [1.29, 1.82) is 0 Å². The molecule has 4 aromatic rings. The summed E-state index contributed by atoms with van der Waals surface area (Å²) in [5.74, 6) is 1.85. The van der Waals surface area contributed by atoms with Crippen LogP contribution in [0, 0.1) is 0 Å². The number of aromatic amines is 1. The molecule has 0 atom stereocenters. The number of pyridine rings is 1. The molecule has 130 valence electrons. The number of aromatic nitrogens is 4. The maximum absolute atomic E-state index is 5.29. The Hall–Kier alpha value is -3.61. The first kappa shape index (κ1) is 15.9. The van der Waals surface area contributed by atoms with Gasteiger partial charge in [-0.3, -0.25) is 4.98 Å². The van der Waals surface area contributed by atoms with Gasteiger partial charge in [-0.2, -0.15) is 0 Å². The fourth-order valence-corrected chi connectivity index (χ4v) is 2.75. The monoisotopic (exact) mass is 347 g/mol. The van der Waals surface area contributed by atoms with Gasteiger partial charge in [-0.15, -0.1) is 0 Å². The van der Waals surface area contributed by atoms with Gasteiger partial charge in [-0.1, -0.05) is 0 Å². The Balaban J connectivity index is 1.68. The maximum atomic E-state index is 5.29. The minimum atomic E-state index is 0.482.